The number of aromatic nitrogens is 5. The van der Waals surface area contributed by atoms with Gasteiger partial charge in [0.1, 0.15) is 29.3 Å². The van der Waals surface area contributed by atoms with E-state index in [-0.39, 0.29) is 35.0 Å². The van der Waals surface area contributed by atoms with Gasteiger partial charge in [0, 0.05) is 18.5 Å². The van der Waals surface area contributed by atoms with Crippen LogP contribution in [-0.4, -0.2) is 36.7 Å². The van der Waals surface area contributed by atoms with Crippen LogP contribution in [0.15, 0.2) is 59.5 Å². The van der Waals surface area contributed by atoms with Crippen LogP contribution >= 0.6 is 0 Å². The van der Waals surface area contributed by atoms with Gasteiger partial charge in [0.05, 0.1) is 0 Å². The van der Waals surface area contributed by atoms with E-state index in [9.17, 15) is 26.7 Å². The van der Waals surface area contributed by atoms with E-state index in [1.165, 1.54) is 35.7 Å². The van der Waals surface area contributed by atoms with Gasteiger partial charge in [-0.05, 0) is 34.9 Å². The number of rotatable bonds is 5. The van der Waals surface area contributed by atoms with Gasteiger partial charge in [0.2, 0.25) is 6.39 Å². The van der Waals surface area contributed by atoms with Crippen molar-refractivity contribution in [1.82, 2.24) is 24.6 Å². The van der Waals surface area contributed by atoms with E-state index < -0.39 is 23.8 Å². The monoisotopic (exact) mass is 503 g/mol. The molecule has 0 saturated carbocycles. The van der Waals surface area contributed by atoms with Gasteiger partial charge < -0.3 is 9.15 Å². The summed E-state index contributed by atoms with van der Waals surface area (Å²) in [4.78, 5) is 19.0. The summed E-state index contributed by atoms with van der Waals surface area (Å²) in [7, 11) is 0. The van der Waals surface area contributed by atoms with Crippen LogP contribution in [0, 0.1) is 0 Å². The van der Waals surface area contributed by atoms with Gasteiger partial charge in [-0.1, -0.05) is 24.3 Å². The minimum absolute atomic E-state index is 0.0157. The van der Waals surface area contributed by atoms with Crippen LogP contribution in [0.1, 0.15) is 18.2 Å². The molecule has 0 amide bonds. The van der Waals surface area contributed by atoms with Crippen LogP contribution in [-0.2, 0) is 22.1 Å². The van der Waals surface area contributed by atoms with Crippen molar-refractivity contribution >= 4 is 22.6 Å². The molecule has 1 aromatic carbocycles. The number of ether oxygens (including phenoxy) is 1. The van der Waals surface area contributed by atoms with Crippen molar-refractivity contribution in [3.8, 4) is 22.7 Å². The van der Waals surface area contributed by atoms with Crippen molar-refractivity contribution in [1.29, 1.82) is 0 Å². The first-order chi connectivity index (χ1) is 17.0. The zero-order valence-electron chi connectivity index (χ0n) is 18.3. The smallest absolute Gasteiger partial charge is 0.459 e. The van der Waals surface area contributed by atoms with E-state index in [0.29, 0.717) is 16.5 Å². The Labute approximate surface area is 198 Å². The summed E-state index contributed by atoms with van der Waals surface area (Å²) in [6.45, 7) is 1.23. The lowest BCUT2D eigenvalue weighted by Gasteiger charge is -2.21. The molecule has 0 aliphatic rings. The average Bonchev–Trinajstić information content (AvgIpc) is 3.51. The van der Waals surface area contributed by atoms with Gasteiger partial charge in [-0.15, -0.1) is 10.2 Å². The number of benzene rings is 1. The van der Waals surface area contributed by atoms with Crippen molar-refractivity contribution < 1.29 is 35.9 Å². The molecule has 0 bridgehead atoms. The second kappa shape index (κ2) is 8.36. The van der Waals surface area contributed by atoms with Crippen LogP contribution in [0.2, 0.25) is 0 Å². The van der Waals surface area contributed by atoms with Crippen LogP contribution in [0.3, 0.4) is 0 Å². The number of esters is 1. The number of pyridine rings is 2. The zero-order chi connectivity index (χ0) is 25.7. The maximum Gasteiger partial charge on any atom is 0.459 e. The van der Waals surface area contributed by atoms with Gasteiger partial charge in [0.15, 0.2) is 0 Å². The average molecular weight is 503 g/mol. The Hall–Kier alpha value is -4.42. The van der Waals surface area contributed by atoms with E-state index in [1.54, 1.807) is 18.2 Å². The van der Waals surface area contributed by atoms with E-state index in [0.717, 1.165) is 12.5 Å². The van der Waals surface area contributed by atoms with Crippen LogP contribution in [0.25, 0.3) is 39.4 Å². The Balaban J connectivity index is 1.73. The molecule has 0 aliphatic carbocycles. The quantitative estimate of drug-likeness (QED) is 0.237. The van der Waals surface area contributed by atoms with Crippen molar-refractivity contribution in [2.75, 3.05) is 0 Å². The number of carbonyl (C=O) groups excluding carboxylic acids is 1. The molecule has 13 heteroatoms. The predicted molar refractivity (Wildman–Crippen MR) is 115 cm³/mol. The summed E-state index contributed by atoms with van der Waals surface area (Å²) in [5.74, 6) is -5.67. The maximum absolute atomic E-state index is 14.5. The van der Waals surface area contributed by atoms with Crippen molar-refractivity contribution in [2.24, 2.45) is 0 Å². The second-order valence-electron chi connectivity index (χ2n) is 7.77. The van der Waals surface area contributed by atoms with Crippen LogP contribution < -0.4 is 0 Å². The van der Waals surface area contributed by atoms with E-state index >= 15 is 0 Å². The SMILES string of the molecule is CC(=O)OCc1ccc(-c2cc(C(F)(F)C(F)(F)F)nc3c2ccc2nc(-c4nnco4)cn23)cc1. The molecular formula is C23H14F5N5O3. The van der Waals surface area contributed by atoms with Gasteiger partial charge in [-0.3, -0.25) is 9.20 Å². The molecule has 4 aromatic heterocycles. The number of nitrogens with zero attached hydrogens (tertiary/aromatic N) is 5. The lowest BCUT2D eigenvalue weighted by Crippen LogP contribution is -2.34. The van der Waals surface area contributed by atoms with Gasteiger partial charge in [0.25, 0.3) is 5.89 Å². The third-order valence-corrected chi connectivity index (χ3v) is 5.36. The number of fused-ring (bicyclic) bond motifs is 3. The third kappa shape index (κ3) is 4.01. The molecule has 184 valence electrons. The maximum atomic E-state index is 14.5. The second-order valence-corrected chi connectivity index (χ2v) is 7.77. The first-order valence-electron chi connectivity index (χ1n) is 10.3. The van der Waals surface area contributed by atoms with Crippen LogP contribution in [0.4, 0.5) is 22.0 Å². The molecule has 4 heterocycles. The first kappa shape index (κ1) is 23.3. The summed E-state index contributed by atoms with van der Waals surface area (Å²) < 4.78 is 80.1. The van der Waals surface area contributed by atoms with Gasteiger partial charge in [-0.25, -0.2) is 9.97 Å². The zero-order valence-corrected chi connectivity index (χ0v) is 18.3. The van der Waals surface area contributed by atoms with Crippen molar-refractivity contribution in [3.05, 3.63) is 66.3 Å². The minimum atomic E-state index is -5.86. The molecule has 0 atom stereocenters. The molecule has 8 nitrogen and oxygen atoms in total. The number of alkyl halides is 5. The molecule has 0 unspecified atom stereocenters. The van der Waals surface area contributed by atoms with E-state index in [4.69, 9.17) is 9.15 Å². The normalized spacial score (nSPS) is 12.4. The number of imidazole rings is 1. The topological polar surface area (TPSA) is 95.4 Å². The molecule has 5 rings (SSSR count). The summed E-state index contributed by atoms with van der Waals surface area (Å²) >= 11 is 0. The molecular weight excluding hydrogens is 489 g/mol. The summed E-state index contributed by atoms with van der Waals surface area (Å²) in [5.41, 5.74) is -0.190. The Kier molecular flexibility index (Phi) is 5.42. The Morgan fingerprint density at radius 1 is 1.06 bits per heavy atom. The molecule has 0 radical (unpaired) electrons. The number of hydrogen-bond acceptors (Lipinski definition) is 7. The van der Waals surface area contributed by atoms with E-state index in [1.807, 2.05) is 0 Å². The molecule has 36 heavy (non-hydrogen) atoms. The number of hydrogen-bond donors (Lipinski definition) is 0. The van der Waals surface area contributed by atoms with Gasteiger partial charge in [-0.2, -0.15) is 22.0 Å². The third-order valence-electron chi connectivity index (χ3n) is 5.36. The molecule has 0 spiro atoms. The summed E-state index contributed by atoms with van der Waals surface area (Å²) in [5, 5.41) is 7.59. The Morgan fingerprint density at radius 3 is 2.44 bits per heavy atom. The lowest BCUT2D eigenvalue weighted by atomic mass is 9.99. The minimum Gasteiger partial charge on any atom is -0.461 e. The highest BCUT2D eigenvalue weighted by molar-refractivity contribution is 5.94. The molecule has 0 N–H and O–H groups in total. The van der Waals surface area contributed by atoms with Crippen LogP contribution in [0.5, 0.6) is 0 Å². The van der Waals surface area contributed by atoms with Crippen molar-refractivity contribution in [2.45, 2.75) is 25.6 Å². The highest BCUT2D eigenvalue weighted by atomic mass is 19.4. The Bertz CT molecular complexity index is 1580. The fourth-order valence-electron chi connectivity index (χ4n) is 3.63. The summed E-state index contributed by atoms with van der Waals surface area (Å²) in [6.07, 6.45) is -3.43. The first-order valence-corrected chi connectivity index (χ1v) is 10.3. The predicted octanol–water partition coefficient (Wildman–Crippen LogP) is 5.32. The largest absolute Gasteiger partial charge is 0.461 e. The highest BCUT2D eigenvalue weighted by Gasteiger charge is 2.60. The fraction of sp³-hybridized carbons (Fsp3) is 0.174. The highest BCUT2D eigenvalue weighted by Crippen LogP contribution is 2.45. The fourth-order valence-corrected chi connectivity index (χ4v) is 3.63. The number of carbonyl (C=O) groups is 1. The molecule has 0 fully saturated rings. The van der Waals surface area contributed by atoms with Crippen molar-refractivity contribution in [3.63, 3.8) is 0 Å². The summed E-state index contributed by atoms with van der Waals surface area (Å²) in [6, 6.07) is 10.0. The van der Waals surface area contributed by atoms with Gasteiger partial charge >= 0.3 is 18.1 Å². The molecule has 5 aromatic rings. The van der Waals surface area contributed by atoms with E-state index in [2.05, 4.69) is 20.2 Å². The standard InChI is InChI=1S/C23H14F5N5O3/c1-12(34)35-10-13-2-4-14(5-3-13)16-8-18(22(24,25)23(26,27)28)31-20-15(16)6-7-19-30-17(9-33(19)20)21-32-29-11-36-21/h2-9,11H,10H2,1H3. The number of halogens is 5. The lowest BCUT2D eigenvalue weighted by molar-refractivity contribution is -0.290. The molecule has 0 saturated heterocycles. The molecule has 0 aliphatic heterocycles. The Morgan fingerprint density at radius 2 is 1.81 bits per heavy atom.